The fourth-order valence-electron chi connectivity index (χ4n) is 1.74. The van der Waals surface area contributed by atoms with Crippen molar-refractivity contribution in [2.45, 2.75) is 6.92 Å². The van der Waals surface area contributed by atoms with Crippen LogP contribution in [0.3, 0.4) is 0 Å². The van der Waals surface area contributed by atoms with Crippen LogP contribution < -0.4 is 14.8 Å². The van der Waals surface area contributed by atoms with Gasteiger partial charge in [-0.2, -0.15) is 0 Å². The molecule has 1 saturated heterocycles. The molecular weight excluding hydrogens is 234 g/mol. The minimum absolute atomic E-state index is 0.360. The molecule has 6 heteroatoms. The van der Waals surface area contributed by atoms with E-state index in [9.17, 15) is 4.91 Å². The highest BCUT2D eigenvalue weighted by molar-refractivity contribution is 5.43. The molecule has 0 atom stereocenters. The number of piperazine rings is 1. The lowest BCUT2D eigenvalue weighted by atomic mass is 10.2. The van der Waals surface area contributed by atoms with Crippen LogP contribution >= 0.6 is 0 Å². The van der Waals surface area contributed by atoms with Crippen LogP contribution in [-0.2, 0) is 0 Å². The highest BCUT2D eigenvalue weighted by Gasteiger charge is 2.11. The normalized spacial score (nSPS) is 16.8. The molecule has 0 radical (unpaired) electrons. The van der Waals surface area contributed by atoms with Crippen molar-refractivity contribution in [2.24, 2.45) is 5.29 Å². The number of benzene rings is 1. The minimum atomic E-state index is 0.360. The predicted molar refractivity (Wildman–Crippen MR) is 67.5 cm³/mol. The summed E-state index contributed by atoms with van der Waals surface area (Å²) >= 11 is 0. The van der Waals surface area contributed by atoms with E-state index >= 15 is 0 Å². The first-order chi connectivity index (χ1) is 8.79. The highest BCUT2D eigenvalue weighted by atomic mass is 16.7. The highest BCUT2D eigenvalue weighted by Crippen LogP contribution is 2.31. The van der Waals surface area contributed by atoms with Gasteiger partial charge in [0.25, 0.3) is 0 Å². The number of ether oxygens (including phenoxy) is 2. The van der Waals surface area contributed by atoms with E-state index in [1.807, 2.05) is 25.1 Å². The van der Waals surface area contributed by atoms with Crippen molar-refractivity contribution in [3.63, 3.8) is 0 Å². The molecule has 1 aromatic carbocycles. The molecule has 6 nitrogen and oxygen atoms in total. The maximum atomic E-state index is 9.81. The van der Waals surface area contributed by atoms with E-state index in [1.165, 1.54) is 10.6 Å². The van der Waals surface area contributed by atoms with Crippen molar-refractivity contribution in [3.8, 4) is 11.5 Å². The molecule has 2 heterocycles. The van der Waals surface area contributed by atoms with Crippen LogP contribution in [0.5, 0.6) is 11.5 Å². The quantitative estimate of drug-likeness (QED) is 0.762. The molecule has 0 bridgehead atoms. The van der Waals surface area contributed by atoms with Gasteiger partial charge in [0.1, 0.15) is 0 Å². The lowest BCUT2D eigenvalue weighted by Crippen LogP contribution is -2.40. The van der Waals surface area contributed by atoms with Gasteiger partial charge in [-0.25, -0.2) is 0 Å². The van der Waals surface area contributed by atoms with Crippen LogP contribution in [0.25, 0.3) is 0 Å². The first kappa shape index (κ1) is 12.6. The molecule has 1 N–H and O–H groups in total. The van der Waals surface area contributed by atoms with E-state index in [-0.39, 0.29) is 0 Å². The number of rotatable bonds is 1. The smallest absolute Gasteiger partial charge is 0.231 e. The van der Waals surface area contributed by atoms with Gasteiger partial charge < -0.3 is 14.8 Å². The zero-order valence-electron chi connectivity index (χ0n) is 10.4. The topological polar surface area (TPSA) is 63.2 Å². The Morgan fingerprint density at radius 1 is 1.22 bits per heavy atom. The molecule has 0 saturated carbocycles. The molecule has 1 aromatic rings. The van der Waals surface area contributed by atoms with Gasteiger partial charge in [-0.05, 0) is 24.6 Å². The van der Waals surface area contributed by atoms with Crippen molar-refractivity contribution in [2.75, 3.05) is 33.0 Å². The van der Waals surface area contributed by atoms with Gasteiger partial charge in [0.2, 0.25) is 6.79 Å². The maximum absolute atomic E-state index is 9.81. The lowest BCUT2D eigenvalue weighted by Gasteiger charge is -2.20. The lowest BCUT2D eigenvalue weighted by molar-refractivity contribution is 0.174. The van der Waals surface area contributed by atoms with Crippen LogP contribution in [0.4, 0.5) is 0 Å². The fourth-order valence-corrected chi connectivity index (χ4v) is 1.74. The van der Waals surface area contributed by atoms with E-state index in [0.717, 1.165) is 37.7 Å². The van der Waals surface area contributed by atoms with Gasteiger partial charge in [-0.3, -0.25) is 5.01 Å². The van der Waals surface area contributed by atoms with E-state index in [4.69, 9.17) is 9.47 Å². The first-order valence-corrected chi connectivity index (χ1v) is 5.95. The first-order valence-electron chi connectivity index (χ1n) is 5.95. The SMILES string of the molecule is Cc1ccc2c(c1)OCO2.O=NN1CCNCC1. The number of aryl methyl sites for hydroxylation is 1. The summed E-state index contributed by atoms with van der Waals surface area (Å²) in [5.41, 5.74) is 1.20. The molecule has 2 aliphatic heterocycles. The molecule has 98 valence electrons. The second-order valence-corrected chi connectivity index (χ2v) is 4.14. The summed E-state index contributed by atoms with van der Waals surface area (Å²) in [5, 5.41) is 7.42. The van der Waals surface area contributed by atoms with E-state index in [2.05, 4.69) is 10.6 Å². The molecule has 0 spiro atoms. The summed E-state index contributed by atoms with van der Waals surface area (Å²) in [4.78, 5) is 9.81. The molecule has 18 heavy (non-hydrogen) atoms. The molecule has 2 aliphatic rings. The molecule has 0 amide bonds. The zero-order valence-corrected chi connectivity index (χ0v) is 10.4. The second kappa shape index (κ2) is 6.20. The standard InChI is InChI=1S/C8H8O2.C4H9N3O/c1-6-2-3-7-8(4-6)10-5-9-7;8-6-7-3-1-5-2-4-7/h2-4H,5H2,1H3;5H,1-4H2. The third-order valence-corrected chi connectivity index (χ3v) is 2.74. The van der Waals surface area contributed by atoms with Crippen LogP contribution in [0.15, 0.2) is 23.5 Å². The summed E-state index contributed by atoms with van der Waals surface area (Å²) in [6.07, 6.45) is 0. The maximum Gasteiger partial charge on any atom is 0.231 e. The summed E-state index contributed by atoms with van der Waals surface area (Å²) in [6.45, 7) is 5.66. The molecule has 3 rings (SSSR count). The molecule has 0 unspecified atom stereocenters. The van der Waals surface area contributed by atoms with Gasteiger partial charge in [-0.15, -0.1) is 4.91 Å². The summed E-state index contributed by atoms with van der Waals surface area (Å²) in [5.74, 6) is 1.71. The van der Waals surface area contributed by atoms with Crippen molar-refractivity contribution in [1.82, 2.24) is 10.3 Å². The fraction of sp³-hybridized carbons (Fsp3) is 0.500. The molecule has 0 aromatic heterocycles. The predicted octanol–water partition coefficient (Wildman–Crippen LogP) is 1.30. The second-order valence-electron chi connectivity index (χ2n) is 4.14. The number of fused-ring (bicyclic) bond motifs is 1. The third kappa shape index (κ3) is 3.33. The largest absolute Gasteiger partial charge is 0.454 e. The summed E-state index contributed by atoms with van der Waals surface area (Å²) in [7, 11) is 0. The Kier molecular flexibility index (Phi) is 4.35. The van der Waals surface area contributed by atoms with Gasteiger partial charge in [0.15, 0.2) is 11.5 Å². The minimum Gasteiger partial charge on any atom is -0.454 e. The average molecular weight is 251 g/mol. The Morgan fingerprint density at radius 2 is 1.94 bits per heavy atom. The van der Waals surface area contributed by atoms with E-state index < -0.39 is 0 Å². The summed E-state index contributed by atoms with van der Waals surface area (Å²) in [6, 6.07) is 5.91. The molecular formula is C12H17N3O3. The van der Waals surface area contributed by atoms with Crippen LogP contribution in [0.1, 0.15) is 5.56 Å². The Morgan fingerprint density at radius 3 is 2.61 bits per heavy atom. The van der Waals surface area contributed by atoms with Crippen molar-refractivity contribution < 1.29 is 9.47 Å². The van der Waals surface area contributed by atoms with Crippen LogP contribution in [0.2, 0.25) is 0 Å². The number of hydrogen-bond donors (Lipinski definition) is 1. The Balaban J connectivity index is 0.000000138. The number of hydrogen-bond acceptors (Lipinski definition) is 5. The number of nitrogens with zero attached hydrogens (tertiary/aromatic N) is 2. The van der Waals surface area contributed by atoms with Gasteiger partial charge in [-0.1, -0.05) is 6.07 Å². The van der Waals surface area contributed by atoms with Crippen LogP contribution in [0, 0.1) is 11.8 Å². The molecule has 0 aliphatic carbocycles. The third-order valence-electron chi connectivity index (χ3n) is 2.74. The van der Waals surface area contributed by atoms with E-state index in [0.29, 0.717) is 6.79 Å². The van der Waals surface area contributed by atoms with Gasteiger partial charge in [0.05, 0.1) is 18.4 Å². The Labute approximate surface area is 106 Å². The number of nitroso groups, excluding NO2 is 1. The van der Waals surface area contributed by atoms with Crippen molar-refractivity contribution in [1.29, 1.82) is 0 Å². The molecule has 1 fully saturated rings. The summed E-state index contributed by atoms with van der Waals surface area (Å²) < 4.78 is 10.3. The Hall–Kier alpha value is -1.82. The Bertz CT molecular complexity index is 406. The van der Waals surface area contributed by atoms with Crippen LogP contribution in [-0.4, -0.2) is 38.0 Å². The van der Waals surface area contributed by atoms with Gasteiger partial charge >= 0.3 is 0 Å². The monoisotopic (exact) mass is 251 g/mol. The zero-order chi connectivity index (χ0) is 12.8. The van der Waals surface area contributed by atoms with E-state index in [1.54, 1.807) is 0 Å². The van der Waals surface area contributed by atoms with Crippen molar-refractivity contribution >= 4 is 0 Å². The number of nitrogens with one attached hydrogen (secondary N) is 1. The average Bonchev–Trinajstić information content (AvgIpc) is 2.87. The van der Waals surface area contributed by atoms with Gasteiger partial charge in [0, 0.05) is 13.1 Å². The van der Waals surface area contributed by atoms with Crippen molar-refractivity contribution in [3.05, 3.63) is 28.7 Å².